The van der Waals surface area contributed by atoms with Gasteiger partial charge in [0.05, 0.1) is 19.8 Å². The first kappa shape index (κ1) is 41.2. The fourth-order valence-electron chi connectivity index (χ4n) is 5.60. The molecule has 0 saturated carbocycles. The average molecular weight is 633 g/mol. The molecule has 0 bridgehead atoms. The van der Waals surface area contributed by atoms with Crippen molar-refractivity contribution in [3.05, 3.63) is 0 Å². The van der Waals surface area contributed by atoms with Crippen LogP contribution in [-0.4, -0.2) is 90.1 Å². The third kappa shape index (κ3) is 18.5. The molecule has 0 atom stereocenters. The molecule has 15 heteroatoms. The van der Waals surface area contributed by atoms with Gasteiger partial charge >= 0.3 is 0 Å². The van der Waals surface area contributed by atoms with Gasteiger partial charge in [0.1, 0.15) is 0 Å². The Morgan fingerprint density at radius 3 is 0.889 bits per heavy atom. The van der Waals surface area contributed by atoms with E-state index < -0.39 is 49.1 Å². The lowest BCUT2D eigenvalue weighted by Crippen LogP contribution is -2.40. The third-order valence-electron chi connectivity index (χ3n) is 7.97. The highest BCUT2D eigenvalue weighted by atomic mass is 16.3. The summed E-state index contributed by atoms with van der Waals surface area (Å²) < 4.78 is 0. The van der Waals surface area contributed by atoms with Gasteiger partial charge in [-0.1, -0.05) is 38.5 Å². The topological polar surface area (TPSA) is 237 Å². The van der Waals surface area contributed by atoms with Crippen LogP contribution in [0.1, 0.15) is 103 Å². The molecule has 0 heterocycles. The van der Waals surface area contributed by atoms with Crippen LogP contribution in [0.15, 0.2) is 30.0 Å². The second kappa shape index (κ2) is 26.6. The predicted molar refractivity (Wildman–Crippen MR) is 160 cm³/mol. The highest BCUT2D eigenvalue weighted by molar-refractivity contribution is 5.37. The van der Waals surface area contributed by atoms with Crippen LogP contribution in [0.3, 0.4) is 0 Å². The minimum absolute atomic E-state index is 0.345. The lowest BCUT2D eigenvalue weighted by atomic mass is 9.64. The number of unbranched alkanes of at least 4 members (excludes halogenated alkanes) is 6. The molecule has 0 amide bonds. The Morgan fingerprint density at radius 2 is 0.667 bits per heavy atom. The molecule has 0 aromatic rings. The van der Waals surface area contributed by atoms with Crippen molar-refractivity contribution < 1.29 is 44.1 Å². The molecule has 0 rings (SSSR count). The number of hydrogen-bond acceptors (Lipinski definition) is 15. The quantitative estimate of drug-likeness (QED) is 0.0622. The molecule has 0 radical (unpaired) electrons. The van der Waals surface area contributed by atoms with E-state index in [-0.39, 0.29) is 0 Å². The second-order valence-electron chi connectivity index (χ2n) is 11.2. The third-order valence-corrected chi connectivity index (χ3v) is 7.97. The largest absolute Gasteiger partial charge is 0.396 e. The number of nitrogens with zero attached hydrogens (tertiary/aromatic N) is 6. The lowest BCUT2D eigenvalue weighted by Gasteiger charge is -2.42. The highest BCUT2D eigenvalue weighted by Gasteiger charge is 2.39. The molecule has 0 saturated heterocycles. The van der Waals surface area contributed by atoms with Crippen LogP contribution in [0.2, 0.25) is 0 Å². The number of aliphatic hydroxyl groups excluding tert-OH is 3. The summed E-state index contributed by atoms with van der Waals surface area (Å²) >= 11 is 0. The van der Waals surface area contributed by atoms with Gasteiger partial charge in [-0.2, -0.15) is 30.0 Å². The van der Waals surface area contributed by atoms with Gasteiger partial charge in [-0.15, -0.1) is 0 Å². The van der Waals surface area contributed by atoms with Crippen LogP contribution in [0.5, 0.6) is 0 Å². The average Bonchev–Trinajstić information content (AvgIpc) is 3.03. The van der Waals surface area contributed by atoms with Gasteiger partial charge in [-0.3, -0.25) is 0 Å². The van der Waals surface area contributed by atoms with Crippen molar-refractivity contribution in [3.63, 3.8) is 0 Å². The van der Waals surface area contributed by atoms with Gasteiger partial charge in [0, 0.05) is 5.41 Å². The number of isocyanates is 6. The van der Waals surface area contributed by atoms with Gasteiger partial charge < -0.3 is 15.3 Å². The Balaban J connectivity index is 5.80. The van der Waals surface area contributed by atoms with Crippen LogP contribution in [-0.2, 0) is 28.8 Å². The molecular weight excluding hydrogens is 588 g/mol. The molecule has 45 heavy (non-hydrogen) atoms. The Kier molecular flexibility index (Phi) is 24.3. The zero-order chi connectivity index (χ0) is 33.7. The zero-order valence-corrected chi connectivity index (χ0v) is 25.6. The Bertz CT molecular complexity index is 941. The number of aliphatic hydroxyl groups is 3. The summed E-state index contributed by atoms with van der Waals surface area (Å²) in [7, 11) is 0. The van der Waals surface area contributed by atoms with Gasteiger partial charge in [-0.05, 0) is 69.6 Å². The van der Waals surface area contributed by atoms with E-state index in [4.69, 9.17) is 0 Å². The SMILES string of the molecule is O=C=NC(CCCCCC(CCCCCC(N=C=O)N=C=O)(CCCCCC(N=C=O)N=C=O)CC(CO)(CO)CO)N=C=O. The van der Waals surface area contributed by atoms with Crippen molar-refractivity contribution in [1.82, 2.24) is 0 Å². The number of carbonyl (C=O) groups excluding carboxylic acids is 6. The van der Waals surface area contributed by atoms with E-state index in [0.29, 0.717) is 64.2 Å². The molecule has 0 aromatic heterocycles. The highest BCUT2D eigenvalue weighted by Crippen LogP contribution is 2.46. The summed E-state index contributed by atoms with van der Waals surface area (Å²) in [5, 5.41) is 30.6. The van der Waals surface area contributed by atoms with Gasteiger partial charge in [0.15, 0.2) is 18.5 Å². The maximum Gasteiger partial charge on any atom is 0.237 e. The van der Waals surface area contributed by atoms with Gasteiger partial charge in [0.25, 0.3) is 0 Å². The first-order valence-electron chi connectivity index (χ1n) is 15.1. The maximum absolute atomic E-state index is 10.6. The summed E-state index contributed by atoms with van der Waals surface area (Å²) in [4.78, 5) is 84.6. The van der Waals surface area contributed by atoms with E-state index in [1.165, 1.54) is 36.5 Å². The Hall–Kier alpha value is -3.84. The Morgan fingerprint density at radius 1 is 0.400 bits per heavy atom. The fourth-order valence-corrected chi connectivity index (χ4v) is 5.60. The normalized spacial score (nSPS) is 13.9. The van der Waals surface area contributed by atoms with Gasteiger partial charge in [-0.25, -0.2) is 28.8 Å². The van der Waals surface area contributed by atoms with Crippen molar-refractivity contribution in [1.29, 1.82) is 0 Å². The molecular formula is C30H44N6O9. The molecule has 0 aliphatic rings. The van der Waals surface area contributed by atoms with E-state index >= 15 is 0 Å². The minimum Gasteiger partial charge on any atom is -0.396 e. The van der Waals surface area contributed by atoms with E-state index in [9.17, 15) is 44.1 Å². The Labute approximate surface area is 262 Å². The minimum atomic E-state index is -1.12. The van der Waals surface area contributed by atoms with Crippen molar-refractivity contribution in [2.75, 3.05) is 19.8 Å². The van der Waals surface area contributed by atoms with Crippen molar-refractivity contribution in [2.24, 2.45) is 40.8 Å². The maximum atomic E-state index is 10.6. The predicted octanol–water partition coefficient (Wildman–Crippen LogP) is 3.17. The number of rotatable bonds is 29. The number of hydrogen-bond donors (Lipinski definition) is 3. The zero-order valence-electron chi connectivity index (χ0n) is 25.6. The van der Waals surface area contributed by atoms with E-state index in [2.05, 4.69) is 30.0 Å². The van der Waals surface area contributed by atoms with Crippen LogP contribution in [0.25, 0.3) is 0 Å². The van der Waals surface area contributed by atoms with Crippen molar-refractivity contribution in [2.45, 2.75) is 121 Å². The molecule has 248 valence electrons. The summed E-state index contributed by atoms with van der Waals surface area (Å²) in [5.74, 6) is 0. The summed E-state index contributed by atoms with van der Waals surface area (Å²) in [6, 6.07) is 0. The summed E-state index contributed by atoms with van der Waals surface area (Å²) in [5.41, 5.74) is -1.52. The molecule has 0 spiro atoms. The fraction of sp³-hybridized carbons (Fsp3) is 0.800. The van der Waals surface area contributed by atoms with Crippen LogP contribution in [0.4, 0.5) is 0 Å². The van der Waals surface area contributed by atoms with E-state index in [0.717, 1.165) is 38.5 Å². The lowest BCUT2D eigenvalue weighted by molar-refractivity contribution is -0.0396. The standard InChI is InChI=1S/C30H44N6O9/c37-17-30(18-38,19-39)16-29(13-7-1-4-10-26(31-20-40)32-21-41,14-8-2-5-11-27(33-22-42)34-23-43)15-9-3-6-12-28(35-24-44)36-25-45/h26-28,37-39H,1-19H2. The van der Waals surface area contributed by atoms with Crippen LogP contribution >= 0.6 is 0 Å². The molecule has 0 aliphatic heterocycles. The molecule has 0 aromatic carbocycles. The molecule has 0 unspecified atom stereocenters. The first-order chi connectivity index (χ1) is 21.9. The van der Waals surface area contributed by atoms with Crippen LogP contribution < -0.4 is 0 Å². The molecule has 0 fully saturated rings. The molecule has 0 aliphatic carbocycles. The second-order valence-corrected chi connectivity index (χ2v) is 11.2. The summed E-state index contributed by atoms with van der Waals surface area (Å²) in [6.07, 6.45) is 15.6. The van der Waals surface area contributed by atoms with Gasteiger partial charge in [0.2, 0.25) is 36.5 Å². The molecule has 3 N–H and O–H groups in total. The van der Waals surface area contributed by atoms with E-state index in [1.807, 2.05) is 0 Å². The van der Waals surface area contributed by atoms with Crippen molar-refractivity contribution >= 4 is 36.5 Å². The van der Waals surface area contributed by atoms with Crippen LogP contribution in [0, 0.1) is 10.8 Å². The number of aliphatic imine (C=N–C) groups is 6. The summed E-state index contributed by atoms with van der Waals surface area (Å²) in [6.45, 7) is -1.25. The first-order valence-corrected chi connectivity index (χ1v) is 15.1. The molecule has 15 nitrogen and oxygen atoms in total. The smallest absolute Gasteiger partial charge is 0.237 e. The van der Waals surface area contributed by atoms with E-state index in [1.54, 1.807) is 0 Å². The monoisotopic (exact) mass is 632 g/mol. The van der Waals surface area contributed by atoms with Crippen molar-refractivity contribution in [3.8, 4) is 0 Å².